The first kappa shape index (κ1) is 12.0. The molecule has 0 spiro atoms. The van der Waals surface area contributed by atoms with Crippen molar-refractivity contribution >= 4 is 5.69 Å². The maximum Gasteiger partial charge on any atom is 0.0600 e. The maximum absolute atomic E-state index is 4.21. The summed E-state index contributed by atoms with van der Waals surface area (Å²) in [6, 6.07) is 2.59. The lowest BCUT2D eigenvalue weighted by molar-refractivity contribution is 0.692. The van der Waals surface area contributed by atoms with Crippen LogP contribution in [0.1, 0.15) is 26.3 Å². The first-order chi connectivity index (χ1) is 7.20. The van der Waals surface area contributed by atoms with Crippen molar-refractivity contribution in [1.82, 2.24) is 10.3 Å². The zero-order valence-corrected chi connectivity index (χ0v) is 10.1. The lowest BCUT2D eigenvalue weighted by atomic mass is 10.1. The highest BCUT2D eigenvalue weighted by Crippen LogP contribution is 2.20. The van der Waals surface area contributed by atoms with Crippen LogP contribution >= 0.6 is 0 Å². The number of hydrogen-bond donors (Lipinski definition) is 1. The standard InChI is InChI=1S/C12H21N3/c1-5-15(10(2)3)12-9-14-7-6-11(12)8-13-4/h6-7,9-10,13H,5,8H2,1-4H3. The zero-order valence-electron chi connectivity index (χ0n) is 10.1. The third kappa shape index (κ3) is 2.93. The van der Waals surface area contributed by atoms with Crippen molar-refractivity contribution in [3.63, 3.8) is 0 Å². The predicted molar refractivity (Wildman–Crippen MR) is 65.2 cm³/mol. The van der Waals surface area contributed by atoms with Gasteiger partial charge in [-0.3, -0.25) is 4.98 Å². The lowest BCUT2D eigenvalue weighted by Gasteiger charge is -2.29. The molecule has 0 aliphatic rings. The number of anilines is 1. The SMILES string of the molecule is CCN(c1cnccc1CNC)C(C)C. The van der Waals surface area contributed by atoms with Gasteiger partial charge in [-0.2, -0.15) is 0 Å². The molecule has 0 fully saturated rings. The fourth-order valence-electron chi connectivity index (χ4n) is 1.83. The molecule has 1 rings (SSSR count). The van der Waals surface area contributed by atoms with E-state index in [0.29, 0.717) is 6.04 Å². The highest BCUT2D eigenvalue weighted by Gasteiger charge is 2.11. The highest BCUT2D eigenvalue weighted by atomic mass is 15.2. The van der Waals surface area contributed by atoms with Crippen molar-refractivity contribution < 1.29 is 0 Å². The Hall–Kier alpha value is -1.09. The molecule has 3 heteroatoms. The van der Waals surface area contributed by atoms with Crippen molar-refractivity contribution in [1.29, 1.82) is 0 Å². The summed E-state index contributed by atoms with van der Waals surface area (Å²) in [5.41, 5.74) is 2.55. The lowest BCUT2D eigenvalue weighted by Crippen LogP contribution is -2.31. The first-order valence-electron chi connectivity index (χ1n) is 5.54. The number of pyridine rings is 1. The molecular weight excluding hydrogens is 186 g/mol. The van der Waals surface area contributed by atoms with Gasteiger partial charge in [0.25, 0.3) is 0 Å². The molecule has 0 aliphatic heterocycles. The van der Waals surface area contributed by atoms with Gasteiger partial charge in [0, 0.05) is 25.3 Å². The molecule has 15 heavy (non-hydrogen) atoms. The molecule has 84 valence electrons. The summed E-state index contributed by atoms with van der Waals surface area (Å²) in [5.74, 6) is 0. The number of rotatable bonds is 5. The third-order valence-corrected chi connectivity index (χ3v) is 2.53. The van der Waals surface area contributed by atoms with Crippen LogP contribution in [0.4, 0.5) is 5.69 Å². The Morgan fingerprint density at radius 3 is 2.73 bits per heavy atom. The van der Waals surface area contributed by atoms with Gasteiger partial charge >= 0.3 is 0 Å². The number of nitrogens with one attached hydrogen (secondary N) is 1. The van der Waals surface area contributed by atoms with Gasteiger partial charge in [0.15, 0.2) is 0 Å². The number of aromatic nitrogens is 1. The van der Waals surface area contributed by atoms with Gasteiger partial charge in [0.2, 0.25) is 0 Å². The summed E-state index contributed by atoms with van der Waals surface area (Å²) in [5, 5.41) is 3.19. The molecule has 0 atom stereocenters. The fraction of sp³-hybridized carbons (Fsp3) is 0.583. The van der Waals surface area contributed by atoms with E-state index in [0.717, 1.165) is 13.1 Å². The summed E-state index contributed by atoms with van der Waals surface area (Å²) in [4.78, 5) is 6.57. The Bertz CT molecular complexity index is 297. The molecule has 1 heterocycles. The van der Waals surface area contributed by atoms with Gasteiger partial charge in [-0.25, -0.2) is 0 Å². The monoisotopic (exact) mass is 207 g/mol. The molecule has 0 radical (unpaired) electrons. The van der Waals surface area contributed by atoms with Gasteiger partial charge in [-0.05, 0) is 39.4 Å². The second-order valence-corrected chi connectivity index (χ2v) is 3.91. The van der Waals surface area contributed by atoms with E-state index >= 15 is 0 Å². The van der Waals surface area contributed by atoms with Crippen molar-refractivity contribution in [3.8, 4) is 0 Å². The van der Waals surface area contributed by atoms with Crippen LogP contribution in [0.5, 0.6) is 0 Å². The Labute approximate surface area is 92.5 Å². The normalized spacial score (nSPS) is 10.7. The second kappa shape index (κ2) is 5.71. The molecule has 0 amide bonds. The van der Waals surface area contributed by atoms with E-state index in [9.17, 15) is 0 Å². The number of nitrogens with zero attached hydrogens (tertiary/aromatic N) is 2. The third-order valence-electron chi connectivity index (χ3n) is 2.53. The largest absolute Gasteiger partial charge is 0.368 e. The van der Waals surface area contributed by atoms with Crippen molar-refractivity contribution in [2.45, 2.75) is 33.4 Å². The fourth-order valence-corrected chi connectivity index (χ4v) is 1.83. The van der Waals surface area contributed by atoms with E-state index in [4.69, 9.17) is 0 Å². The van der Waals surface area contributed by atoms with E-state index in [2.05, 4.69) is 42.0 Å². The van der Waals surface area contributed by atoms with Crippen molar-refractivity contribution in [3.05, 3.63) is 24.0 Å². The number of hydrogen-bond acceptors (Lipinski definition) is 3. The highest BCUT2D eigenvalue weighted by molar-refractivity contribution is 5.52. The van der Waals surface area contributed by atoms with Gasteiger partial charge < -0.3 is 10.2 Å². The molecule has 0 aromatic carbocycles. The van der Waals surface area contributed by atoms with E-state index in [-0.39, 0.29) is 0 Å². The van der Waals surface area contributed by atoms with Gasteiger partial charge in [-0.15, -0.1) is 0 Å². The molecule has 1 N–H and O–H groups in total. The second-order valence-electron chi connectivity index (χ2n) is 3.91. The Morgan fingerprint density at radius 1 is 1.47 bits per heavy atom. The Morgan fingerprint density at radius 2 is 2.20 bits per heavy atom. The minimum Gasteiger partial charge on any atom is -0.368 e. The molecule has 0 aliphatic carbocycles. The van der Waals surface area contributed by atoms with Crippen LogP contribution in [0, 0.1) is 0 Å². The molecule has 1 aromatic rings. The molecule has 1 aromatic heterocycles. The Kier molecular flexibility index (Phi) is 4.56. The molecule has 3 nitrogen and oxygen atoms in total. The zero-order chi connectivity index (χ0) is 11.3. The predicted octanol–water partition coefficient (Wildman–Crippen LogP) is 2.04. The average molecular weight is 207 g/mol. The van der Waals surface area contributed by atoms with Crippen molar-refractivity contribution in [2.24, 2.45) is 0 Å². The Balaban J connectivity index is 2.99. The van der Waals surface area contributed by atoms with Crippen LogP contribution in [0.3, 0.4) is 0 Å². The van der Waals surface area contributed by atoms with Gasteiger partial charge in [0.05, 0.1) is 11.9 Å². The van der Waals surface area contributed by atoms with Crippen LogP contribution in [0.15, 0.2) is 18.5 Å². The van der Waals surface area contributed by atoms with E-state index in [1.165, 1.54) is 11.3 Å². The summed E-state index contributed by atoms with van der Waals surface area (Å²) in [6.45, 7) is 8.50. The molecule has 0 bridgehead atoms. The summed E-state index contributed by atoms with van der Waals surface area (Å²) >= 11 is 0. The smallest absolute Gasteiger partial charge is 0.0600 e. The molecule has 0 unspecified atom stereocenters. The van der Waals surface area contributed by atoms with E-state index in [1.54, 1.807) is 0 Å². The van der Waals surface area contributed by atoms with Crippen LogP contribution < -0.4 is 10.2 Å². The maximum atomic E-state index is 4.21. The first-order valence-corrected chi connectivity index (χ1v) is 5.54. The van der Waals surface area contributed by atoms with E-state index in [1.807, 2.05) is 19.4 Å². The molecular formula is C12H21N3. The van der Waals surface area contributed by atoms with Crippen LogP contribution in [0.25, 0.3) is 0 Å². The van der Waals surface area contributed by atoms with Crippen LogP contribution in [0.2, 0.25) is 0 Å². The van der Waals surface area contributed by atoms with Gasteiger partial charge in [0.1, 0.15) is 0 Å². The van der Waals surface area contributed by atoms with Crippen LogP contribution in [-0.4, -0.2) is 24.6 Å². The minimum atomic E-state index is 0.509. The summed E-state index contributed by atoms with van der Waals surface area (Å²) < 4.78 is 0. The summed E-state index contributed by atoms with van der Waals surface area (Å²) in [6.07, 6.45) is 3.81. The van der Waals surface area contributed by atoms with Crippen molar-refractivity contribution in [2.75, 3.05) is 18.5 Å². The average Bonchev–Trinajstić information content (AvgIpc) is 2.21. The van der Waals surface area contributed by atoms with Crippen LogP contribution in [-0.2, 0) is 6.54 Å². The molecule has 0 saturated carbocycles. The topological polar surface area (TPSA) is 28.2 Å². The quantitative estimate of drug-likeness (QED) is 0.801. The minimum absolute atomic E-state index is 0.509. The van der Waals surface area contributed by atoms with E-state index < -0.39 is 0 Å². The molecule has 0 saturated heterocycles. The van der Waals surface area contributed by atoms with Gasteiger partial charge in [-0.1, -0.05) is 0 Å². The summed E-state index contributed by atoms with van der Waals surface area (Å²) in [7, 11) is 1.97.